The van der Waals surface area contributed by atoms with Gasteiger partial charge in [0, 0.05) is 26.2 Å². The van der Waals surface area contributed by atoms with E-state index in [9.17, 15) is 4.79 Å². The molecule has 36 heavy (non-hydrogen) atoms. The van der Waals surface area contributed by atoms with Crippen LogP contribution in [0.5, 0.6) is 5.75 Å². The van der Waals surface area contributed by atoms with E-state index < -0.39 is 0 Å². The van der Waals surface area contributed by atoms with Gasteiger partial charge in [0.05, 0.1) is 23.8 Å². The van der Waals surface area contributed by atoms with Gasteiger partial charge in [-0.3, -0.25) is 4.79 Å². The molecule has 0 radical (unpaired) electrons. The van der Waals surface area contributed by atoms with E-state index in [1.54, 1.807) is 7.11 Å². The number of methoxy groups -OCH3 is 1. The zero-order valence-corrected chi connectivity index (χ0v) is 21.6. The van der Waals surface area contributed by atoms with Crippen LogP contribution in [0.4, 0.5) is 10.5 Å². The number of carbonyl (C=O) groups is 1. The molecule has 0 bridgehead atoms. The van der Waals surface area contributed by atoms with Crippen LogP contribution in [0.25, 0.3) is 6.08 Å². The smallest absolute Gasteiger partial charge is 0.311 e. The predicted molar refractivity (Wildman–Crippen MR) is 149 cm³/mol. The molecule has 0 saturated heterocycles. The molecule has 3 aromatic carbocycles. The molecule has 0 spiro atoms. The lowest BCUT2D eigenvalue weighted by atomic mass is 9.98. The Balaban J connectivity index is 1.56. The van der Waals surface area contributed by atoms with Crippen molar-refractivity contribution in [1.82, 2.24) is 5.01 Å². The number of amides is 1. The molecule has 1 amide bonds. The molecule has 0 fully saturated rings. The molecule has 0 aromatic heterocycles. The lowest BCUT2D eigenvalue weighted by Gasteiger charge is -2.24. The summed E-state index contributed by atoms with van der Waals surface area (Å²) >= 11 is 1.15. The number of thioether (sulfide) groups is 1. The summed E-state index contributed by atoms with van der Waals surface area (Å²) in [4.78, 5) is 19.8. The number of hydrazone groups is 1. The van der Waals surface area contributed by atoms with Crippen LogP contribution in [-0.4, -0.2) is 43.0 Å². The van der Waals surface area contributed by atoms with Gasteiger partial charge in [0.25, 0.3) is 0 Å². The molecule has 0 aliphatic carbocycles. The standard InChI is InChI=1S/C29H28N4O2S/c1-19-7-5-6-8-22(19)17-27-28(30-29(34)36-27)33-26(21-9-13-23(14-10-21)32(2)3)18-25(31-33)20-11-15-24(35-4)16-12-20/h5-17,26H,18H2,1-4H3/b27-17-. The molecular formula is C29H28N4O2S. The molecule has 2 aliphatic heterocycles. The SMILES string of the molecule is COc1ccc(C2=NN(C3=NC(=O)S/C3=C\c3ccccc3C)C(c3ccc(N(C)C)cc3)C2)cc1. The van der Waals surface area contributed by atoms with Crippen molar-refractivity contribution in [1.29, 1.82) is 0 Å². The maximum Gasteiger partial charge on any atom is 0.311 e. The van der Waals surface area contributed by atoms with Crippen molar-refractivity contribution in [3.63, 3.8) is 0 Å². The molecule has 6 nitrogen and oxygen atoms in total. The number of aryl methyl sites for hydroxylation is 1. The number of carbonyl (C=O) groups excluding carboxylic acids is 1. The Labute approximate surface area is 216 Å². The molecular weight excluding hydrogens is 468 g/mol. The molecule has 1 atom stereocenters. The number of hydrogen-bond acceptors (Lipinski definition) is 6. The average molecular weight is 497 g/mol. The summed E-state index contributed by atoms with van der Waals surface area (Å²) in [5.41, 5.74) is 6.42. The van der Waals surface area contributed by atoms with Gasteiger partial charge in [0.15, 0.2) is 5.84 Å². The predicted octanol–water partition coefficient (Wildman–Crippen LogP) is 6.53. The van der Waals surface area contributed by atoms with Crippen molar-refractivity contribution in [2.24, 2.45) is 10.1 Å². The summed E-state index contributed by atoms with van der Waals surface area (Å²) in [7, 11) is 5.72. The van der Waals surface area contributed by atoms with Crippen LogP contribution in [-0.2, 0) is 0 Å². The van der Waals surface area contributed by atoms with Gasteiger partial charge in [-0.25, -0.2) is 5.01 Å². The first-order valence-electron chi connectivity index (χ1n) is 11.8. The first-order chi connectivity index (χ1) is 17.4. The summed E-state index contributed by atoms with van der Waals surface area (Å²) in [5, 5.41) is 6.72. The Kier molecular flexibility index (Phi) is 6.65. The van der Waals surface area contributed by atoms with Crippen molar-refractivity contribution in [3.8, 4) is 5.75 Å². The Morgan fingerprint density at radius 3 is 2.42 bits per heavy atom. The molecule has 2 heterocycles. The fourth-order valence-electron chi connectivity index (χ4n) is 4.37. The topological polar surface area (TPSA) is 57.5 Å². The largest absolute Gasteiger partial charge is 0.497 e. The number of nitrogens with zero attached hydrogens (tertiary/aromatic N) is 4. The third kappa shape index (κ3) is 4.79. The van der Waals surface area contributed by atoms with Crippen molar-refractivity contribution in [2.75, 3.05) is 26.1 Å². The lowest BCUT2D eigenvalue weighted by molar-refractivity contribution is 0.267. The molecule has 182 valence electrons. The molecule has 3 aromatic rings. The summed E-state index contributed by atoms with van der Waals surface area (Å²) in [6.07, 6.45) is 2.74. The van der Waals surface area contributed by atoms with E-state index >= 15 is 0 Å². The van der Waals surface area contributed by atoms with Gasteiger partial charge in [-0.05, 0) is 83.4 Å². The van der Waals surface area contributed by atoms with E-state index in [0.29, 0.717) is 12.3 Å². The summed E-state index contributed by atoms with van der Waals surface area (Å²) in [6, 6.07) is 24.5. The molecule has 7 heteroatoms. The summed E-state index contributed by atoms with van der Waals surface area (Å²) in [6.45, 7) is 2.07. The minimum Gasteiger partial charge on any atom is -0.497 e. The molecule has 0 N–H and O–H groups in total. The van der Waals surface area contributed by atoms with Gasteiger partial charge in [0.2, 0.25) is 0 Å². The Morgan fingerprint density at radius 2 is 1.75 bits per heavy atom. The second-order valence-corrected chi connectivity index (χ2v) is 9.99. The van der Waals surface area contributed by atoms with Crippen LogP contribution < -0.4 is 9.64 Å². The molecule has 2 aliphatic rings. The molecule has 1 unspecified atom stereocenters. The maximum atomic E-state index is 12.5. The van der Waals surface area contributed by atoms with E-state index in [0.717, 1.165) is 56.1 Å². The summed E-state index contributed by atoms with van der Waals surface area (Å²) < 4.78 is 5.33. The zero-order chi connectivity index (χ0) is 25.2. The number of aliphatic imine (C=N–C) groups is 1. The van der Waals surface area contributed by atoms with E-state index in [2.05, 4.69) is 53.2 Å². The highest BCUT2D eigenvalue weighted by molar-refractivity contribution is 8.18. The monoisotopic (exact) mass is 496 g/mol. The lowest BCUT2D eigenvalue weighted by Crippen LogP contribution is -2.26. The number of hydrogen-bond donors (Lipinski definition) is 0. The van der Waals surface area contributed by atoms with Crippen LogP contribution in [0.15, 0.2) is 87.8 Å². The first-order valence-corrected chi connectivity index (χ1v) is 12.6. The summed E-state index contributed by atoms with van der Waals surface area (Å²) in [5.74, 6) is 1.40. The van der Waals surface area contributed by atoms with E-state index in [1.165, 1.54) is 0 Å². The van der Waals surface area contributed by atoms with Crippen LogP contribution in [0.2, 0.25) is 0 Å². The van der Waals surface area contributed by atoms with Crippen molar-refractivity contribution in [2.45, 2.75) is 19.4 Å². The number of anilines is 1. The van der Waals surface area contributed by atoms with Crippen LogP contribution >= 0.6 is 11.8 Å². The van der Waals surface area contributed by atoms with Crippen LogP contribution in [0.3, 0.4) is 0 Å². The van der Waals surface area contributed by atoms with Crippen LogP contribution in [0, 0.1) is 6.92 Å². The van der Waals surface area contributed by atoms with Gasteiger partial charge in [-0.2, -0.15) is 10.1 Å². The highest BCUT2D eigenvalue weighted by atomic mass is 32.2. The van der Waals surface area contributed by atoms with Crippen molar-refractivity contribution < 1.29 is 9.53 Å². The maximum absolute atomic E-state index is 12.5. The number of rotatable bonds is 5. The van der Waals surface area contributed by atoms with Gasteiger partial charge < -0.3 is 9.64 Å². The van der Waals surface area contributed by atoms with Gasteiger partial charge in [0.1, 0.15) is 5.75 Å². The van der Waals surface area contributed by atoms with E-state index in [4.69, 9.17) is 9.84 Å². The number of benzene rings is 3. The molecule has 0 saturated carbocycles. The van der Waals surface area contributed by atoms with E-state index in [-0.39, 0.29) is 11.3 Å². The van der Waals surface area contributed by atoms with Crippen molar-refractivity contribution in [3.05, 3.63) is 100.0 Å². The zero-order valence-electron chi connectivity index (χ0n) is 20.8. The number of amidine groups is 1. The Bertz CT molecular complexity index is 1380. The van der Waals surface area contributed by atoms with E-state index in [1.807, 2.05) is 61.6 Å². The highest BCUT2D eigenvalue weighted by Gasteiger charge is 2.37. The Morgan fingerprint density at radius 1 is 1.03 bits per heavy atom. The van der Waals surface area contributed by atoms with Gasteiger partial charge in [-0.15, -0.1) is 0 Å². The second-order valence-electron chi connectivity index (χ2n) is 8.99. The second kappa shape index (κ2) is 10.0. The number of ether oxygens (including phenoxy) is 1. The highest BCUT2D eigenvalue weighted by Crippen LogP contribution is 2.40. The normalized spacial score (nSPS) is 18.4. The minimum atomic E-state index is -0.223. The third-order valence-corrected chi connectivity index (χ3v) is 7.22. The van der Waals surface area contributed by atoms with Crippen LogP contribution in [0.1, 0.15) is 34.7 Å². The third-order valence-electron chi connectivity index (χ3n) is 6.43. The first kappa shape index (κ1) is 23.9. The fourth-order valence-corrected chi connectivity index (χ4v) is 5.11. The molecule has 5 rings (SSSR count). The minimum absolute atomic E-state index is 0.0798. The van der Waals surface area contributed by atoms with Gasteiger partial charge in [-0.1, -0.05) is 36.4 Å². The fraction of sp³-hybridized carbons (Fsp3) is 0.207. The van der Waals surface area contributed by atoms with Gasteiger partial charge >= 0.3 is 5.24 Å². The van der Waals surface area contributed by atoms with Crippen molar-refractivity contribution >= 4 is 40.3 Å². The quantitative estimate of drug-likeness (QED) is 0.402. The average Bonchev–Trinajstić information content (AvgIpc) is 3.49. The Hall–Kier alpha value is -3.84.